The number of carbonyl (C=O) groups is 1. The summed E-state index contributed by atoms with van der Waals surface area (Å²) in [7, 11) is 0. The Morgan fingerprint density at radius 1 is 1.44 bits per heavy atom. The molecule has 1 rings (SSSR count). The first-order valence-corrected chi connectivity index (χ1v) is 5.59. The fourth-order valence-corrected chi connectivity index (χ4v) is 1.60. The van der Waals surface area contributed by atoms with Crippen LogP contribution >= 0.6 is 0 Å². The van der Waals surface area contributed by atoms with Crippen LogP contribution in [0, 0.1) is 24.0 Å². The van der Waals surface area contributed by atoms with Gasteiger partial charge in [-0.3, -0.25) is 14.9 Å². The number of ether oxygens (including phenoxy) is 1. The second-order valence-corrected chi connectivity index (χ2v) is 3.84. The summed E-state index contributed by atoms with van der Waals surface area (Å²) >= 11 is 0. The largest absolute Gasteiger partial charge is 0.372 e. The Labute approximate surface area is 105 Å². The van der Waals surface area contributed by atoms with Crippen molar-refractivity contribution in [3.63, 3.8) is 0 Å². The van der Waals surface area contributed by atoms with Crippen LogP contribution in [0.5, 0.6) is 0 Å². The first-order chi connectivity index (χ1) is 8.47. The Morgan fingerprint density at radius 3 is 2.67 bits per heavy atom. The van der Waals surface area contributed by atoms with Crippen molar-refractivity contribution < 1.29 is 14.5 Å². The topological polar surface area (TPSA) is 81.5 Å². The molecule has 0 aromatic heterocycles. The summed E-state index contributed by atoms with van der Waals surface area (Å²) in [5.41, 5.74) is 1.70. The molecule has 0 heterocycles. The number of nitrogens with one attached hydrogen (secondary N) is 1. The molecule has 0 bridgehead atoms. The molecule has 0 aliphatic rings. The number of rotatable bonds is 5. The molecule has 0 atom stereocenters. The predicted octanol–water partition coefficient (Wildman–Crippen LogP) is 2.19. The summed E-state index contributed by atoms with van der Waals surface area (Å²) in [4.78, 5) is 21.9. The minimum atomic E-state index is -0.465. The van der Waals surface area contributed by atoms with Crippen LogP contribution < -0.4 is 5.32 Å². The van der Waals surface area contributed by atoms with Gasteiger partial charge < -0.3 is 10.1 Å². The number of anilines is 1. The minimum Gasteiger partial charge on any atom is -0.372 e. The third-order valence-electron chi connectivity index (χ3n) is 2.54. The van der Waals surface area contributed by atoms with E-state index in [1.165, 1.54) is 6.07 Å². The summed E-state index contributed by atoms with van der Waals surface area (Å²) in [6, 6.07) is 3.05. The van der Waals surface area contributed by atoms with Crippen LogP contribution in [-0.4, -0.2) is 24.0 Å². The van der Waals surface area contributed by atoms with E-state index < -0.39 is 4.92 Å². The number of hydrogen-bond donors (Lipinski definition) is 1. The fourth-order valence-electron chi connectivity index (χ4n) is 1.60. The predicted molar refractivity (Wildman–Crippen MR) is 67.7 cm³/mol. The van der Waals surface area contributed by atoms with Gasteiger partial charge in [-0.15, -0.1) is 0 Å². The molecule has 1 aromatic rings. The monoisotopic (exact) mass is 252 g/mol. The van der Waals surface area contributed by atoms with Crippen molar-refractivity contribution in [2.24, 2.45) is 0 Å². The second kappa shape index (κ2) is 6.11. The highest BCUT2D eigenvalue weighted by atomic mass is 16.6. The van der Waals surface area contributed by atoms with Crippen LogP contribution in [-0.2, 0) is 9.53 Å². The van der Waals surface area contributed by atoms with E-state index in [2.05, 4.69) is 5.32 Å². The molecule has 0 fully saturated rings. The van der Waals surface area contributed by atoms with Gasteiger partial charge in [0.1, 0.15) is 6.61 Å². The van der Waals surface area contributed by atoms with Gasteiger partial charge in [-0.1, -0.05) is 6.07 Å². The molecular weight excluding hydrogens is 236 g/mol. The molecule has 18 heavy (non-hydrogen) atoms. The van der Waals surface area contributed by atoms with Crippen LogP contribution in [0.3, 0.4) is 0 Å². The van der Waals surface area contributed by atoms with Crippen LogP contribution in [0.1, 0.15) is 18.1 Å². The van der Waals surface area contributed by atoms with E-state index in [9.17, 15) is 14.9 Å². The SMILES string of the molecule is CCOCC(=O)Nc1c(C)ccc([N+](=O)[O-])c1C. The lowest BCUT2D eigenvalue weighted by molar-refractivity contribution is -0.385. The number of carbonyl (C=O) groups excluding carboxylic acids is 1. The summed E-state index contributed by atoms with van der Waals surface area (Å²) in [5, 5.41) is 13.5. The zero-order chi connectivity index (χ0) is 13.7. The first kappa shape index (κ1) is 14.1. The van der Waals surface area contributed by atoms with Crippen molar-refractivity contribution in [2.75, 3.05) is 18.5 Å². The van der Waals surface area contributed by atoms with Gasteiger partial charge in [0.05, 0.1) is 16.2 Å². The number of nitro groups is 1. The average Bonchev–Trinajstić information content (AvgIpc) is 2.31. The summed E-state index contributed by atoms with van der Waals surface area (Å²) in [5.74, 6) is -0.316. The lowest BCUT2D eigenvalue weighted by Crippen LogP contribution is -2.19. The molecule has 0 saturated carbocycles. The Kier molecular flexibility index (Phi) is 4.79. The van der Waals surface area contributed by atoms with E-state index >= 15 is 0 Å². The lowest BCUT2D eigenvalue weighted by Gasteiger charge is -2.11. The van der Waals surface area contributed by atoms with E-state index in [1.54, 1.807) is 26.8 Å². The Hall–Kier alpha value is -1.95. The molecule has 98 valence electrons. The van der Waals surface area contributed by atoms with Crippen molar-refractivity contribution >= 4 is 17.3 Å². The zero-order valence-corrected chi connectivity index (χ0v) is 10.6. The number of nitro benzene ring substituents is 1. The number of benzene rings is 1. The van der Waals surface area contributed by atoms with E-state index in [-0.39, 0.29) is 18.2 Å². The van der Waals surface area contributed by atoms with E-state index in [4.69, 9.17) is 4.74 Å². The smallest absolute Gasteiger partial charge is 0.274 e. The van der Waals surface area contributed by atoms with Crippen molar-refractivity contribution in [1.29, 1.82) is 0 Å². The Bertz CT molecular complexity index is 471. The number of nitrogens with zero attached hydrogens (tertiary/aromatic N) is 1. The fraction of sp³-hybridized carbons (Fsp3) is 0.417. The van der Waals surface area contributed by atoms with Crippen LogP contribution in [0.15, 0.2) is 12.1 Å². The van der Waals surface area contributed by atoms with Gasteiger partial charge in [-0.25, -0.2) is 0 Å². The molecule has 1 aromatic carbocycles. The van der Waals surface area contributed by atoms with E-state index in [1.807, 2.05) is 0 Å². The molecular formula is C12H16N2O4. The van der Waals surface area contributed by atoms with E-state index in [0.29, 0.717) is 17.9 Å². The standard InChI is InChI=1S/C12H16N2O4/c1-4-18-7-11(15)13-12-8(2)5-6-10(9(12)3)14(16)17/h5-6H,4,7H2,1-3H3,(H,13,15). The molecule has 0 unspecified atom stereocenters. The molecule has 6 nitrogen and oxygen atoms in total. The summed E-state index contributed by atoms with van der Waals surface area (Å²) in [6.45, 7) is 5.57. The van der Waals surface area contributed by atoms with Crippen LogP contribution in [0.25, 0.3) is 0 Å². The van der Waals surface area contributed by atoms with Gasteiger partial charge in [0.15, 0.2) is 0 Å². The maximum Gasteiger partial charge on any atom is 0.274 e. The summed E-state index contributed by atoms with van der Waals surface area (Å²) < 4.78 is 4.98. The highest BCUT2D eigenvalue weighted by Crippen LogP contribution is 2.28. The maximum absolute atomic E-state index is 11.6. The third-order valence-corrected chi connectivity index (χ3v) is 2.54. The van der Waals surface area contributed by atoms with Crippen molar-refractivity contribution in [3.8, 4) is 0 Å². The lowest BCUT2D eigenvalue weighted by atomic mass is 10.1. The van der Waals surface area contributed by atoms with Crippen molar-refractivity contribution in [3.05, 3.63) is 33.4 Å². The third kappa shape index (κ3) is 3.27. The number of hydrogen-bond acceptors (Lipinski definition) is 4. The second-order valence-electron chi connectivity index (χ2n) is 3.84. The molecule has 0 spiro atoms. The molecule has 0 aliphatic heterocycles. The quantitative estimate of drug-likeness (QED) is 0.643. The van der Waals surface area contributed by atoms with Gasteiger partial charge in [0.25, 0.3) is 5.69 Å². The van der Waals surface area contributed by atoms with Gasteiger partial charge in [0, 0.05) is 12.7 Å². The van der Waals surface area contributed by atoms with Crippen molar-refractivity contribution in [1.82, 2.24) is 0 Å². The minimum absolute atomic E-state index is 0.00712. The highest BCUT2D eigenvalue weighted by Gasteiger charge is 2.17. The maximum atomic E-state index is 11.6. The summed E-state index contributed by atoms with van der Waals surface area (Å²) in [6.07, 6.45) is 0. The Balaban J connectivity index is 2.97. The molecule has 0 aliphatic carbocycles. The van der Waals surface area contributed by atoms with E-state index in [0.717, 1.165) is 5.56 Å². The van der Waals surface area contributed by atoms with Crippen LogP contribution in [0.4, 0.5) is 11.4 Å². The van der Waals surface area contributed by atoms with Gasteiger partial charge in [-0.05, 0) is 26.3 Å². The Morgan fingerprint density at radius 2 is 2.11 bits per heavy atom. The van der Waals surface area contributed by atoms with Gasteiger partial charge in [0.2, 0.25) is 5.91 Å². The molecule has 1 N–H and O–H groups in total. The molecule has 6 heteroatoms. The first-order valence-electron chi connectivity index (χ1n) is 5.59. The van der Waals surface area contributed by atoms with Crippen LogP contribution in [0.2, 0.25) is 0 Å². The van der Waals surface area contributed by atoms with Gasteiger partial charge >= 0.3 is 0 Å². The van der Waals surface area contributed by atoms with Crippen molar-refractivity contribution in [2.45, 2.75) is 20.8 Å². The average molecular weight is 252 g/mol. The highest BCUT2D eigenvalue weighted by molar-refractivity contribution is 5.93. The molecule has 1 amide bonds. The normalized spacial score (nSPS) is 10.2. The number of aryl methyl sites for hydroxylation is 1. The molecule has 0 saturated heterocycles. The zero-order valence-electron chi connectivity index (χ0n) is 10.6. The van der Waals surface area contributed by atoms with Gasteiger partial charge in [-0.2, -0.15) is 0 Å². The number of amides is 1. The molecule has 0 radical (unpaired) electrons.